The fourth-order valence-electron chi connectivity index (χ4n) is 4.44. The van der Waals surface area contributed by atoms with Crippen molar-refractivity contribution in [3.05, 3.63) is 81.9 Å². The summed E-state index contributed by atoms with van der Waals surface area (Å²) in [5, 5.41) is 23.2. The van der Waals surface area contributed by atoms with E-state index >= 15 is 0 Å². The predicted octanol–water partition coefficient (Wildman–Crippen LogP) is 6.04. The van der Waals surface area contributed by atoms with E-state index in [2.05, 4.69) is 45.1 Å². The van der Waals surface area contributed by atoms with Crippen molar-refractivity contribution in [2.45, 2.75) is 52.2 Å². The molecule has 0 bridgehead atoms. The Kier molecular flexibility index (Phi) is 9.04. The maximum absolute atomic E-state index is 13.0. The van der Waals surface area contributed by atoms with Gasteiger partial charge in [0.25, 0.3) is 5.56 Å². The molecule has 0 atom stereocenters. The molecule has 2 amide bonds. The van der Waals surface area contributed by atoms with Gasteiger partial charge >= 0.3 is 6.03 Å². The van der Waals surface area contributed by atoms with Gasteiger partial charge in [-0.15, -0.1) is 0 Å². The van der Waals surface area contributed by atoms with E-state index < -0.39 is 11.6 Å². The summed E-state index contributed by atoms with van der Waals surface area (Å²) >= 11 is 6.05. The average molecular weight is 589 g/mol. The first-order valence-electron chi connectivity index (χ1n) is 14.0. The third kappa shape index (κ3) is 7.07. The molecule has 4 N–H and O–H groups in total. The first-order valence-corrected chi connectivity index (χ1v) is 14.4. The number of pyridine rings is 1. The molecule has 218 valence electrons. The van der Waals surface area contributed by atoms with Crippen LogP contribution in [0.3, 0.4) is 0 Å². The number of nitrogens with one attached hydrogen (secondary N) is 3. The summed E-state index contributed by atoms with van der Waals surface area (Å²) < 4.78 is 7.28. The minimum Gasteiger partial charge on any atom is -0.504 e. The molecule has 11 heteroatoms. The Bertz CT molecular complexity index is 1630. The van der Waals surface area contributed by atoms with Gasteiger partial charge in [-0.25, -0.2) is 9.48 Å². The Morgan fingerprint density at radius 1 is 1.07 bits per heavy atom. The van der Waals surface area contributed by atoms with Gasteiger partial charge in [-0.2, -0.15) is 5.10 Å². The molecule has 2 aromatic carbocycles. The van der Waals surface area contributed by atoms with Gasteiger partial charge in [0.05, 0.1) is 23.5 Å². The molecule has 5 rings (SSSR count). The van der Waals surface area contributed by atoms with Gasteiger partial charge in [0.1, 0.15) is 17.1 Å². The number of hydrogen-bond acceptors (Lipinski definition) is 7. The normalized spacial score (nSPS) is 12.6. The van der Waals surface area contributed by atoms with E-state index in [-0.39, 0.29) is 22.1 Å². The van der Waals surface area contributed by atoms with Crippen molar-refractivity contribution in [1.29, 1.82) is 0 Å². The highest BCUT2D eigenvalue weighted by atomic mass is 35.5. The van der Waals surface area contributed by atoms with Gasteiger partial charge in [-0.05, 0) is 73.2 Å². The van der Waals surface area contributed by atoms with E-state index in [4.69, 9.17) is 16.3 Å². The second kappa shape index (κ2) is 13.1. The largest absolute Gasteiger partial charge is 0.504 e. The SMILES string of the molecule is CCCOc1cc(CNC2CC2)cc(-c2cccc(-c3cc(NC(=O)Nc4c(O)cncc4Cl)c(=O)n(CC)n3)c2)c1. The Labute approximate surface area is 248 Å². The number of aromatic hydroxyl groups is 1. The summed E-state index contributed by atoms with van der Waals surface area (Å²) in [4.78, 5) is 29.5. The number of anilines is 2. The quantitative estimate of drug-likeness (QED) is 0.168. The van der Waals surface area contributed by atoms with Crippen LogP contribution in [0.1, 0.15) is 38.7 Å². The molecule has 42 heavy (non-hydrogen) atoms. The number of carbonyl (C=O) groups is 1. The summed E-state index contributed by atoms with van der Waals surface area (Å²) in [5.41, 5.74) is 3.94. The lowest BCUT2D eigenvalue weighted by Crippen LogP contribution is -2.29. The summed E-state index contributed by atoms with van der Waals surface area (Å²) in [6, 6.07) is 15.5. The van der Waals surface area contributed by atoms with Crippen LogP contribution in [-0.2, 0) is 13.1 Å². The van der Waals surface area contributed by atoms with Crippen molar-refractivity contribution in [1.82, 2.24) is 20.1 Å². The summed E-state index contributed by atoms with van der Waals surface area (Å²) in [6.07, 6.45) is 5.79. The third-order valence-corrected chi connectivity index (χ3v) is 7.03. The Hall–Kier alpha value is -4.41. The van der Waals surface area contributed by atoms with Gasteiger partial charge in [0.2, 0.25) is 0 Å². The summed E-state index contributed by atoms with van der Waals surface area (Å²) in [6.45, 7) is 5.58. The van der Waals surface area contributed by atoms with Crippen molar-refractivity contribution in [3.63, 3.8) is 0 Å². The van der Waals surface area contributed by atoms with Gasteiger partial charge in [0, 0.05) is 30.9 Å². The molecule has 0 saturated heterocycles. The van der Waals surface area contributed by atoms with Crippen LogP contribution < -0.4 is 26.2 Å². The molecule has 4 aromatic rings. The predicted molar refractivity (Wildman–Crippen MR) is 164 cm³/mol. The van der Waals surface area contributed by atoms with Crippen molar-refractivity contribution in [3.8, 4) is 33.9 Å². The second-order valence-electron chi connectivity index (χ2n) is 10.1. The molecular weight excluding hydrogens is 556 g/mol. The number of aryl methyl sites for hydroxylation is 1. The molecule has 1 aliphatic rings. The van der Waals surface area contributed by atoms with Gasteiger partial charge < -0.3 is 25.8 Å². The lowest BCUT2D eigenvalue weighted by Gasteiger charge is -2.14. The number of urea groups is 1. The van der Waals surface area contributed by atoms with Crippen molar-refractivity contribution < 1.29 is 14.6 Å². The van der Waals surface area contributed by atoms with Gasteiger partial charge in [-0.1, -0.05) is 36.7 Å². The maximum atomic E-state index is 13.0. The van der Waals surface area contributed by atoms with E-state index in [9.17, 15) is 14.7 Å². The molecule has 10 nitrogen and oxygen atoms in total. The smallest absolute Gasteiger partial charge is 0.323 e. The average Bonchev–Trinajstić information content (AvgIpc) is 3.83. The zero-order chi connectivity index (χ0) is 29.6. The number of aromatic nitrogens is 3. The fourth-order valence-corrected chi connectivity index (χ4v) is 4.64. The Morgan fingerprint density at radius 2 is 1.88 bits per heavy atom. The third-order valence-electron chi connectivity index (χ3n) is 6.74. The number of rotatable bonds is 11. The van der Waals surface area contributed by atoms with Crippen LogP contribution in [-0.4, -0.2) is 38.6 Å². The van der Waals surface area contributed by atoms with Crippen LogP contribution in [0.25, 0.3) is 22.4 Å². The molecule has 0 aliphatic heterocycles. The minimum atomic E-state index is -0.750. The standard InChI is InChI=1S/C31H33ClN6O4/c1-3-10-42-24-12-19(16-34-23-8-9-23)11-22(14-24)20-6-5-7-21(13-20)26-15-27(30(40)38(4-2)37-26)35-31(41)36-29-25(32)17-33-18-28(29)39/h5-7,11-15,17-18,23,34,39H,3-4,8-10,16H2,1-2H3,(H2,33,35,36,41). The number of hydrogen-bond donors (Lipinski definition) is 4. The fraction of sp³-hybridized carbons (Fsp3) is 0.290. The summed E-state index contributed by atoms with van der Waals surface area (Å²) in [5.74, 6) is 0.523. The zero-order valence-electron chi connectivity index (χ0n) is 23.5. The van der Waals surface area contributed by atoms with Crippen LogP contribution in [0.5, 0.6) is 11.5 Å². The van der Waals surface area contributed by atoms with Crippen LogP contribution in [0.2, 0.25) is 5.02 Å². The Balaban J connectivity index is 1.45. The van der Waals surface area contributed by atoms with E-state index in [1.165, 1.54) is 29.8 Å². The van der Waals surface area contributed by atoms with Crippen LogP contribution in [0.4, 0.5) is 16.2 Å². The van der Waals surface area contributed by atoms with Crippen molar-refractivity contribution in [2.75, 3.05) is 17.2 Å². The van der Waals surface area contributed by atoms with E-state index in [0.29, 0.717) is 24.9 Å². The molecule has 1 saturated carbocycles. The van der Waals surface area contributed by atoms with Crippen LogP contribution in [0, 0.1) is 0 Å². The van der Waals surface area contributed by atoms with E-state index in [1.807, 2.05) is 30.3 Å². The van der Waals surface area contributed by atoms with Crippen molar-refractivity contribution >= 4 is 29.0 Å². The highest BCUT2D eigenvalue weighted by Crippen LogP contribution is 2.32. The minimum absolute atomic E-state index is 0.0150. The van der Waals surface area contributed by atoms with Crippen molar-refractivity contribution in [2.24, 2.45) is 0 Å². The van der Waals surface area contributed by atoms with E-state index in [0.717, 1.165) is 47.2 Å². The second-order valence-corrected chi connectivity index (χ2v) is 10.5. The topological polar surface area (TPSA) is 130 Å². The summed E-state index contributed by atoms with van der Waals surface area (Å²) in [7, 11) is 0. The highest BCUT2D eigenvalue weighted by Gasteiger charge is 2.20. The van der Waals surface area contributed by atoms with Gasteiger partial charge in [-0.3, -0.25) is 9.78 Å². The lowest BCUT2D eigenvalue weighted by atomic mass is 9.99. The molecule has 2 aromatic heterocycles. The number of halogens is 1. The molecule has 1 aliphatic carbocycles. The molecular formula is C31H33ClN6O4. The molecule has 0 spiro atoms. The van der Waals surface area contributed by atoms with E-state index in [1.54, 1.807) is 6.92 Å². The maximum Gasteiger partial charge on any atom is 0.323 e. The molecule has 0 radical (unpaired) electrons. The number of carbonyl (C=O) groups excluding carboxylic acids is 1. The van der Waals surface area contributed by atoms with Crippen LogP contribution >= 0.6 is 11.6 Å². The number of ether oxygens (including phenoxy) is 1. The highest BCUT2D eigenvalue weighted by molar-refractivity contribution is 6.34. The number of amides is 2. The molecule has 2 heterocycles. The monoisotopic (exact) mass is 588 g/mol. The van der Waals surface area contributed by atoms with Crippen LogP contribution in [0.15, 0.2) is 65.7 Å². The first kappa shape index (κ1) is 29.1. The first-order chi connectivity index (χ1) is 20.3. The lowest BCUT2D eigenvalue weighted by molar-refractivity contribution is 0.262. The Morgan fingerprint density at radius 3 is 2.62 bits per heavy atom. The zero-order valence-corrected chi connectivity index (χ0v) is 24.2. The number of benzene rings is 2. The van der Waals surface area contributed by atoms with Gasteiger partial charge in [0.15, 0.2) is 5.75 Å². The molecule has 0 unspecified atom stereocenters. The number of nitrogens with zero attached hydrogens (tertiary/aromatic N) is 3. The molecule has 1 fully saturated rings.